The van der Waals surface area contributed by atoms with E-state index in [9.17, 15) is 0 Å². The van der Waals surface area contributed by atoms with E-state index in [1.54, 1.807) is 0 Å². The highest BCUT2D eigenvalue weighted by atomic mass is 16.4. The summed E-state index contributed by atoms with van der Waals surface area (Å²) in [4.78, 5) is 2.00. The molecule has 0 aliphatic rings. The molecule has 1 atom stereocenters. The minimum Gasteiger partial charge on any atom is -0.406 e. The summed E-state index contributed by atoms with van der Waals surface area (Å²) in [5, 5.41) is 7.96. The molecule has 0 saturated heterocycles. The molecule has 2 N–H and O–H groups in total. The summed E-state index contributed by atoms with van der Waals surface area (Å²) >= 11 is 0. The van der Waals surface area contributed by atoms with Gasteiger partial charge in [-0.05, 0) is 19.8 Å². The monoisotopic (exact) mass is 212 g/mol. The van der Waals surface area contributed by atoms with Gasteiger partial charge >= 0.3 is 6.01 Å². The Morgan fingerprint density at radius 1 is 1.27 bits per heavy atom. The molecule has 0 bridgehead atoms. The first kappa shape index (κ1) is 12.0. The molecular weight excluding hydrogens is 192 g/mol. The quantitative estimate of drug-likeness (QED) is 0.802. The minimum absolute atomic E-state index is 0.179. The molecule has 1 rings (SSSR count). The van der Waals surface area contributed by atoms with Gasteiger partial charge in [0.25, 0.3) is 0 Å². The largest absolute Gasteiger partial charge is 0.406 e. The summed E-state index contributed by atoms with van der Waals surface area (Å²) in [7, 11) is 0. The van der Waals surface area contributed by atoms with Gasteiger partial charge in [-0.15, -0.1) is 5.10 Å². The van der Waals surface area contributed by atoms with Crippen LogP contribution >= 0.6 is 0 Å². The minimum atomic E-state index is -0.179. The van der Waals surface area contributed by atoms with Crippen LogP contribution < -0.4 is 10.6 Å². The van der Waals surface area contributed by atoms with Crippen LogP contribution in [0.3, 0.4) is 0 Å². The van der Waals surface area contributed by atoms with Crippen LogP contribution in [0, 0.1) is 5.92 Å². The Balaban J connectivity index is 2.79. The number of anilines is 1. The maximum absolute atomic E-state index is 5.92. The first-order chi connectivity index (χ1) is 7.10. The Morgan fingerprint density at radius 2 is 1.87 bits per heavy atom. The third-order valence-electron chi connectivity index (χ3n) is 2.47. The molecular formula is C10H20N4O. The molecule has 15 heavy (non-hydrogen) atoms. The smallest absolute Gasteiger partial charge is 0.318 e. The van der Waals surface area contributed by atoms with Crippen molar-refractivity contribution in [3.63, 3.8) is 0 Å². The lowest BCUT2D eigenvalue weighted by molar-refractivity contribution is 0.388. The average Bonchev–Trinajstić information content (AvgIpc) is 2.67. The van der Waals surface area contributed by atoms with Crippen LogP contribution in [0.15, 0.2) is 4.42 Å². The SMILES string of the molecule is CCN(CC)c1nnc(C(N)C(C)C)o1. The van der Waals surface area contributed by atoms with Crippen molar-refractivity contribution in [3.8, 4) is 0 Å². The normalized spacial score (nSPS) is 13.2. The fraction of sp³-hybridized carbons (Fsp3) is 0.800. The topological polar surface area (TPSA) is 68.2 Å². The van der Waals surface area contributed by atoms with Crippen LogP contribution in [0.4, 0.5) is 6.01 Å². The van der Waals surface area contributed by atoms with Gasteiger partial charge in [0.05, 0.1) is 6.04 Å². The molecule has 5 nitrogen and oxygen atoms in total. The van der Waals surface area contributed by atoms with Gasteiger partial charge in [0, 0.05) is 13.1 Å². The van der Waals surface area contributed by atoms with Crippen molar-refractivity contribution in [2.75, 3.05) is 18.0 Å². The molecule has 1 unspecified atom stereocenters. The number of hydrogen-bond donors (Lipinski definition) is 1. The van der Waals surface area contributed by atoms with E-state index >= 15 is 0 Å². The van der Waals surface area contributed by atoms with Gasteiger partial charge in [0.15, 0.2) is 0 Å². The Morgan fingerprint density at radius 3 is 2.33 bits per heavy atom. The molecule has 0 aromatic carbocycles. The number of aromatic nitrogens is 2. The van der Waals surface area contributed by atoms with Crippen molar-refractivity contribution in [2.24, 2.45) is 11.7 Å². The summed E-state index contributed by atoms with van der Waals surface area (Å²) < 4.78 is 5.53. The van der Waals surface area contributed by atoms with E-state index in [2.05, 4.69) is 24.0 Å². The van der Waals surface area contributed by atoms with E-state index in [-0.39, 0.29) is 6.04 Å². The molecule has 0 aliphatic carbocycles. The molecule has 0 saturated carbocycles. The maximum atomic E-state index is 5.92. The summed E-state index contributed by atoms with van der Waals surface area (Å²) in [5.74, 6) is 0.821. The summed E-state index contributed by atoms with van der Waals surface area (Å²) in [6, 6.07) is 0.382. The van der Waals surface area contributed by atoms with Gasteiger partial charge in [-0.25, -0.2) is 0 Å². The van der Waals surface area contributed by atoms with Gasteiger partial charge in [0.1, 0.15) is 0 Å². The zero-order chi connectivity index (χ0) is 11.4. The molecule has 1 aromatic heterocycles. The molecule has 86 valence electrons. The Hall–Kier alpha value is -1.10. The van der Waals surface area contributed by atoms with Crippen molar-refractivity contribution >= 4 is 6.01 Å². The first-order valence-electron chi connectivity index (χ1n) is 5.44. The summed E-state index contributed by atoms with van der Waals surface area (Å²) in [6.45, 7) is 9.88. The second-order valence-electron chi connectivity index (χ2n) is 3.86. The van der Waals surface area contributed by atoms with Crippen LogP contribution in [0.1, 0.15) is 39.6 Å². The van der Waals surface area contributed by atoms with Crippen molar-refractivity contribution in [1.29, 1.82) is 0 Å². The highest BCUT2D eigenvalue weighted by Gasteiger charge is 2.19. The average molecular weight is 212 g/mol. The second-order valence-corrected chi connectivity index (χ2v) is 3.86. The van der Waals surface area contributed by atoms with E-state index in [1.165, 1.54) is 0 Å². The van der Waals surface area contributed by atoms with Crippen molar-refractivity contribution in [2.45, 2.75) is 33.7 Å². The van der Waals surface area contributed by atoms with Crippen LogP contribution in [0.25, 0.3) is 0 Å². The van der Waals surface area contributed by atoms with Gasteiger partial charge in [-0.1, -0.05) is 18.9 Å². The fourth-order valence-electron chi connectivity index (χ4n) is 1.27. The number of hydrogen-bond acceptors (Lipinski definition) is 5. The summed E-state index contributed by atoms with van der Waals surface area (Å²) in [6.07, 6.45) is 0. The molecule has 5 heteroatoms. The Labute approximate surface area is 90.7 Å². The van der Waals surface area contributed by atoms with Crippen LogP contribution in [0.2, 0.25) is 0 Å². The van der Waals surface area contributed by atoms with Crippen molar-refractivity contribution < 1.29 is 4.42 Å². The lowest BCUT2D eigenvalue weighted by Gasteiger charge is -2.15. The standard InChI is InChI=1S/C10H20N4O/c1-5-14(6-2)10-13-12-9(15-10)8(11)7(3)4/h7-8H,5-6,11H2,1-4H3. The molecule has 1 aromatic rings. The Bertz CT molecular complexity index is 277. The number of nitrogens with zero attached hydrogens (tertiary/aromatic N) is 3. The van der Waals surface area contributed by atoms with Crippen molar-refractivity contribution in [3.05, 3.63) is 5.89 Å². The lowest BCUT2D eigenvalue weighted by atomic mass is 10.1. The van der Waals surface area contributed by atoms with Gasteiger partial charge < -0.3 is 15.1 Å². The molecule has 0 fully saturated rings. The summed E-state index contributed by atoms with van der Waals surface area (Å²) in [5.41, 5.74) is 5.92. The van der Waals surface area contributed by atoms with E-state index < -0.39 is 0 Å². The van der Waals surface area contributed by atoms with Crippen molar-refractivity contribution in [1.82, 2.24) is 10.2 Å². The third-order valence-corrected chi connectivity index (χ3v) is 2.47. The maximum Gasteiger partial charge on any atom is 0.318 e. The Kier molecular flexibility index (Phi) is 4.08. The zero-order valence-corrected chi connectivity index (χ0v) is 9.90. The third kappa shape index (κ3) is 2.68. The van der Waals surface area contributed by atoms with E-state index in [0.29, 0.717) is 17.8 Å². The van der Waals surface area contributed by atoms with Crippen LogP contribution in [0.5, 0.6) is 0 Å². The van der Waals surface area contributed by atoms with E-state index in [1.807, 2.05) is 18.7 Å². The molecule has 0 spiro atoms. The highest BCUT2D eigenvalue weighted by molar-refractivity contribution is 5.23. The molecule has 1 heterocycles. The number of nitrogens with two attached hydrogens (primary N) is 1. The fourth-order valence-corrected chi connectivity index (χ4v) is 1.27. The molecule has 0 aliphatic heterocycles. The molecule has 0 radical (unpaired) electrons. The lowest BCUT2D eigenvalue weighted by Crippen LogP contribution is -2.22. The van der Waals surface area contributed by atoms with Crippen LogP contribution in [-0.2, 0) is 0 Å². The van der Waals surface area contributed by atoms with Gasteiger partial charge in [-0.3, -0.25) is 0 Å². The van der Waals surface area contributed by atoms with E-state index in [0.717, 1.165) is 13.1 Å². The highest BCUT2D eigenvalue weighted by Crippen LogP contribution is 2.20. The van der Waals surface area contributed by atoms with Crippen LogP contribution in [-0.4, -0.2) is 23.3 Å². The molecule has 0 amide bonds. The van der Waals surface area contributed by atoms with E-state index in [4.69, 9.17) is 10.2 Å². The predicted octanol–water partition coefficient (Wildman–Crippen LogP) is 1.57. The zero-order valence-electron chi connectivity index (χ0n) is 9.90. The van der Waals surface area contributed by atoms with Gasteiger partial charge in [0.2, 0.25) is 5.89 Å². The second kappa shape index (κ2) is 5.11. The predicted molar refractivity (Wildman–Crippen MR) is 59.6 cm³/mol. The number of rotatable bonds is 5. The first-order valence-corrected chi connectivity index (χ1v) is 5.44. The van der Waals surface area contributed by atoms with Gasteiger partial charge in [-0.2, -0.15) is 0 Å².